The minimum atomic E-state index is 0.145. The monoisotopic (exact) mass is 328 g/mol. The van der Waals surface area contributed by atoms with E-state index in [1.165, 1.54) is 5.56 Å². The second-order valence-electron chi connectivity index (χ2n) is 5.73. The van der Waals surface area contributed by atoms with Crippen molar-refractivity contribution in [2.75, 3.05) is 5.32 Å². The Kier molecular flexibility index (Phi) is 4.15. The lowest BCUT2D eigenvalue weighted by atomic mass is 9.87. The van der Waals surface area contributed by atoms with Crippen LogP contribution in [0.2, 0.25) is 0 Å². The maximum absolute atomic E-state index is 9.21. The topological polar surface area (TPSA) is 35.8 Å². The van der Waals surface area contributed by atoms with E-state index in [9.17, 15) is 5.26 Å². The van der Waals surface area contributed by atoms with Gasteiger partial charge in [0.1, 0.15) is 6.07 Å². The summed E-state index contributed by atoms with van der Waals surface area (Å²) in [6, 6.07) is 16.2. The zero-order valence-electron chi connectivity index (χ0n) is 11.9. The molecule has 0 atom stereocenters. The van der Waals surface area contributed by atoms with Gasteiger partial charge in [-0.25, -0.2) is 0 Å². The van der Waals surface area contributed by atoms with Gasteiger partial charge in [-0.2, -0.15) is 5.26 Å². The van der Waals surface area contributed by atoms with Crippen LogP contribution in [0.25, 0.3) is 0 Å². The minimum absolute atomic E-state index is 0.145. The lowest BCUT2D eigenvalue weighted by Gasteiger charge is -2.19. The largest absolute Gasteiger partial charge is 0.354 e. The van der Waals surface area contributed by atoms with E-state index in [1.54, 1.807) is 0 Å². The van der Waals surface area contributed by atoms with Gasteiger partial charge in [-0.3, -0.25) is 0 Å². The Bertz CT molecular complexity index is 646. The fraction of sp³-hybridized carbons (Fsp3) is 0.235. The van der Waals surface area contributed by atoms with Crippen molar-refractivity contribution in [3.05, 3.63) is 58.1 Å². The Morgan fingerprint density at radius 1 is 1.05 bits per heavy atom. The highest BCUT2D eigenvalue weighted by Crippen LogP contribution is 2.28. The quantitative estimate of drug-likeness (QED) is 0.805. The lowest BCUT2D eigenvalue weighted by Crippen LogP contribution is -2.10. The summed E-state index contributed by atoms with van der Waals surface area (Å²) in [7, 11) is 0. The van der Waals surface area contributed by atoms with Gasteiger partial charge in [0.25, 0.3) is 0 Å². The molecule has 0 aliphatic rings. The molecule has 0 aliphatic heterocycles. The zero-order valence-corrected chi connectivity index (χ0v) is 13.5. The maximum atomic E-state index is 9.21. The third-order valence-electron chi connectivity index (χ3n) is 3.16. The highest BCUT2D eigenvalue weighted by Gasteiger charge is 2.13. The first-order valence-electron chi connectivity index (χ1n) is 6.48. The van der Waals surface area contributed by atoms with Crippen LogP contribution in [-0.2, 0) is 5.41 Å². The van der Waals surface area contributed by atoms with E-state index in [4.69, 9.17) is 0 Å². The van der Waals surface area contributed by atoms with E-state index < -0.39 is 0 Å². The highest BCUT2D eigenvalue weighted by atomic mass is 79.9. The van der Waals surface area contributed by atoms with Gasteiger partial charge in [0.15, 0.2) is 0 Å². The molecule has 0 aliphatic carbocycles. The van der Waals surface area contributed by atoms with Gasteiger partial charge in [-0.15, -0.1) is 0 Å². The number of hydrogen-bond acceptors (Lipinski definition) is 2. The van der Waals surface area contributed by atoms with Crippen molar-refractivity contribution in [2.24, 2.45) is 0 Å². The maximum Gasteiger partial charge on any atom is 0.103 e. The van der Waals surface area contributed by atoms with Gasteiger partial charge in [0.2, 0.25) is 0 Å². The van der Waals surface area contributed by atoms with Crippen molar-refractivity contribution in [3.8, 4) is 6.07 Å². The molecule has 2 nitrogen and oxygen atoms in total. The van der Waals surface area contributed by atoms with Gasteiger partial charge in [0.05, 0.1) is 11.3 Å². The molecule has 0 aromatic heterocycles. The molecular weight excluding hydrogens is 312 g/mol. The zero-order chi connectivity index (χ0) is 14.8. The molecule has 0 bridgehead atoms. The van der Waals surface area contributed by atoms with Gasteiger partial charge >= 0.3 is 0 Å². The summed E-state index contributed by atoms with van der Waals surface area (Å²) in [5.41, 5.74) is 3.84. The predicted molar refractivity (Wildman–Crippen MR) is 87.3 cm³/mol. The van der Waals surface area contributed by atoms with Crippen molar-refractivity contribution in [1.29, 1.82) is 5.26 Å². The molecule has 0 unspecified atom stereocenters. The molecule has 102 valence electrons. The molecule has 1 N–H and O–H groups in total. The number of nitriles is 1. The molecule has 0 amide bonds. The second-order valence-corrected chi connectivity index (χ2v) is 6.58. The molecule has 20 heavy (non-hydrogen) atoms. The summed E-state index contributed by atoms with van der Waals surface area (Å²) in [5, 5.41) is 12.5. The third-order valence-corrected chi connectivity index (χ3v) is 3.82. The van der Waals surface area contributed by atoms with E-state index in [-0.39, 0.29) is 5.41 Å². The van der Waals surface area contributed by atoms with Gasteiger partial charge < -0.3 is 5.32 Å². The SMILES string of the molecule is CC(C)(C)c1ccc(Nc2cccc(Br)c2C#N)cc1. The third kappa shape index (κ3) is 3.20. The summed E-state index contributed by atoms with van der Waals surface area (Å²) in [4.78, 5) is 0. The standard InChI is InChI=1S/C17H17BrN2/c1-17(2,3)12-7-9-13(10-8-12)20-16-6-4-5-15(18)14(16)11-19/h4-10,20H,1-3H3. The summed E-state index contributed by atoms with van der Waals surface area (Å²) < 4.78 is 0.802. The first-order valence-corrected chi connectivity index (χ1v) is 7.27. The summed E-state index contributed by atoms with van der Waals surface area (Å²) in [6.07, 6.45) is 0. The number of nitrogens with zero attached hydrogens (tertiary/aromatic N) is 1. The van der Waals surface area contributed by atoms with Crippen LogP contribution in [0.4, 0.5) is 11.4 Å². The summed E-state index contributed by atoms with van der Waals surface area (Å²) >= 11 is 3.40. The number of rotatable bonds is 2. The van der Waals surface area contributed by atoms with Crippen LogP contribution in [0.5, 0.6) is 0 Å². The number of benzene rings is 2. The summed E-state index contributed by atoms with van der Waals surface area (Å²) in [6.45, 7) is 6.58. The first kappa shape index (κ1) is 14.6. The second kappa shape index (κ2) is 5.68. The molecule has 2 rings (SSSR count). The normalized spacial score (nSPS) is 10.9. The molecule has 3 heteroatoms. The molecule has 0 heterocycles. The Balaban J connectivity index is 2.28. The first-order chi connectivity index (χ1) is 9.41. The Morgan fingerprint density at radius 2 is 1.70 bits per heavy atom. The van der Waals surface area contributed by atoms with Crippen LogP contribution in [0.3, 0.4) is 0 Å². The Morgan fingerprint density at radius 3 is 2.25 bits per heavy atom. The van der Waals surface area contributed by atoms with Crippen LogP contribution in [-0.4, -0.2) is 0 Å². The van der Waals surface area contributed by atoms with Crippen LogP contribution in [0, 0.1) is 11.3 Å². The van der Waals surface area contributed by atoms with Crippen molar-refractivity contribution < 1.29 is 0 Å². The molecule has 0 spiro atoms. The van der Waals surface area contributed by atoms with E-state index in [0.29, 0.717) is 5.56 Å². The van der Waals surface area contributed by atoms with Crippen LogP contribution in [0.15, 0.2) is 46.9 Å². The number of nitrogens with one attached hydrogen (secondary N) is 1. The lowest BCUT2D eigenvalue weighted by molar-refractivity contribution is 0.590. The Hall–Kier alpha value is -1.79. The van der Waals surface area contributed by atoms with E-state index in [0.717, 1.165) is 15.8 Å². The van der Waals surface area contributed by atoms with Crippen molar-refractivity contribution in [2.45, 2.75) is 26.2 Å². The fourth-order valence-electron chi connectivity index (χ4n) is 1.95. The van der Waals surface area contributed by atoms with Crippen LogP contribution < -0.4 is 5.32 Å². The molecule has 0 saturated heterocycles. The van der Waals surface area contributed by atoms with Gasteiger partial charge in [0, 0.05) is 10.2 Å². The van der Waals surface area contributed by atoms with Crippen molar-refractivity contribution in [1.82, 2.24) is 0 Å². The molecule has 2 aromatic rings. The summed E-state index contributed by atoms with van der Waals surface area (Å²) in [5.74, 6) is 0. The van der Waals surface area contributed by atoms with Crippen LogP contribution in [0.1, 0.15) is 31.9 Å². The molecule has 0 fully saturated rings. The van der Waals surface area contributed by atoms with E-state index in [2.05, 4.69) is 60.2 Å². The van der Waals surface area contributed by atoms with E-state index in [1.807, 2.05) is 30.3 Å². The molecule has 2 aromatic carbocycles. The van der Waals surface area contributed by atoms with E-state index >= 15 is 0 Å². The smallest absolute Gasteiger partial charge is 0.103 e. The fourth-order valence-corrected chi connectivity index (χ4v) is 2.41. The molecule has 0 radical (unpaired) electrons. The van der Waals surface area contributed by atoms with Gasteiger partial charge in [-0.05, 0) is 51.2 Å². The minimum Gasteiger partial charge on any atom is -0.354 e. The van der Waals surface area contributed by atoms with Crippen molar-refractivity contribution >= 4 is 27.3 Å². The predicted octanol–water partition coefficient (Wildman–Crippen LogP) is 5.36. The number of hydrogen-bond donors (Lipinski definition) is 1. The molecule has 0 saturated carbocycles. The Labute approximate surface area is 128 Å². The highest BCUT2D eigenvalue weighted by molar-refractivity contribution is 9.10. The average Bonchev–Trinajstić information content (AvgIpc) is 2.38. The van der Waals surface area contributed by atoms with Crippen LogP contribution >= 0.6 is 15.9 Å². The molecular formula is C17H17BrN2. The number of anilines is 2. The average molecular weight is 329 g/mol. The van der Waals surface area contributed by atoms with Crippen molar-refractivity contribution in [3.63, 3.8) is 0 Å². The number of halogens is 1. The van der Waals surface area contributed by atoms with Gasteiger partial charge in [-0.1, -0.05) is 39.0 Å².